The first kappa shape index (κ1) is 39.5. The number of hydrogen-bond acceptors (Lipinski definition) is 9. The van der Waals surface area contributed by atoms with Crippen LogP contribution in [-0.4, -0.2) is 77.6 Å². The first-order chi connectivity index (χ1) is 28.7. The Hall–Kier alpha value is -4.97. The van der Waals surface area contributed by atoms with Crippen LogP contribution in [0.25, 0.3) is 16.7 Å². The van der Waals surface area contributed by atoms with Gasteiger partial charge < -0.3 is 25.6 Å². The van der Waals surface area contributed by atoms with Crippen LogP contribution in [0.15, 0.2) is 59.5 Å². The molecule has 10 rings (SSSR count). The lowest BCUT2D eigenvalue weighted by molar-refractivity contribution is -0.129. The second-order valence-electron chi connectivity index (χ2n) is 18.4. The molecule has 0 spiro atoms. The van der Waals surface area contributed by atoms with Crippen LogP contribution in [0, 0.1) is 36.0 Å². The maximum Gasteiger partial charge on any atom is 0.257 e. The Morgan fingerprint density at radius 2 is 1.63 bits per heavy atom. The molecule has 6 aliphatic rings. The molecule has 0 unspecified atom stereocenters. The van der Waals surface area contributed by atoms with Gasteiger partial charge in [0.1, 0.15) is 5.75 Å². The molecule has 5 saturated carbocycles. The number of carbonyl (C=O) groups excluding carboxylic acids is 2. The number of pyridine rings is 1. The third-order valence-electron chi connectivity index (χ3n) is 13.9. The van der Waals surface area contributed by atoms with Gasteiger partial charge in [-0.1, -0.05) is 18.9 Å². The summed E-state index contributed by atoms with van der Waals surface area (Å²) in [7, 11) is 1.66. The molecule has 6 fully saturated rings. The van der Waals surface area contributed by atoms with E-state index in [-0.39, 0.29) is 17.4 Å². The number of hydrogen-bond donors (Lipinski definition) is 3. The van der Waals surface area contributed by atoms with Crippen molar-refractivity contribution in [2.45, 2.75) is 90.4 Å². The highest BCUT2D eigenvalue weighted by Gasteiger charge is 2.51. The van der Waals surface area contributed by atoms with E-state index < -0.39 is 0 Å². The van der Waals surface area contributed by atoms with E-state index in [2.05, 4.69) is 42.9 Å². The van der Waals surface area contributed by atoms with Crippen molar-refractivity contribution in [3.05, 3.63) is 70.6 Å². The number of aromatic nitrogens is 3. The largest absolute Gasteiger partial charge is 0.494 e. The Bertz CT molecular complexity index is 2210. The van der Waals surface area contributed by atoms with Crippen LogP contribution in [0.5, 0.6) is 5.75 Å². The standard InChI is InChI=1S/C47H60N8O4/c1-31-20-43(57)55(38-9-7-8-36(24-38)50-45(58)35-10-11-35)44-39(31)30-49-46(52-44)51-40-13-12-37(25-41(40)59-2)54-18-16-53(17-19-54)15-6-4-3-5-14-48-42(56)29-47-26-32-21-33(27-47)23-34(22-32)28-47/h7-9,12-13,20,24-25,30,32-35H,3-6,10-11,14-19,21-23,26-29H2,1-2H3,(H,48,56)(H,50,58)(H,49,51,52). The van der Waals surface area contributed by atoms with Crippen molar-refractivity contribution in [2.75, 3.05) is 61.9 Å². The molecule has 12 heteroatoms. The van der Waals surface area contributed by atoms with Crippen LogP contribution in [0.4, 0.5) is 23.0 Å². The van der Waals surface area contributed by atoms with Gasteiger partial charge in [-0.15, -0.1) is 0 Å². The maximum atomic E-state index is 13.4. The minimum Gasteiger partial charge on any atom is -0.494 e. The Balaban J connectivity index is 0.746. The zero-order valence-corrected chi connectivity index (χ0v) is 34.8. The van der Waals surface area contributed by atoms with Gasteiger partial charge in [0.05, 0.1) is 18.5 Å². The van der Waals surface area contributed by atoms with Crippen LogP contribution >= 0.6 is 0 Å². The third kappa shape index (κ3) is 8.98. The summed E-state index contributed by atoms with van der Waals surface area (Å²) in [6, 6.07) is 15.1. The van der Waals surface area contributed by atoms with Gasteiger partial charge in [-0.2, -0.15) is 4.98 Å². The summed E-state index contributed by atoms with van der Waals surface area (Å²) in [4.78, 5) is 53.2. The molecule has 1 saturated heterocycles. The van der Waals surface area contributed by atoms with Gasteiger partial charge in [0.2, 0.25) is 17.8 Å². The second-order valence-corrected chi connectivity index (χ2v) is 18.4. The number of methoxy groups -OCH3 is 1. The van der Waals surface area contributed by atoms with Crippen molar-refractivity contribution < 1.29 is 14.3 Å². The summed E-state index contributed by atoms with van der Waals surface area (Å²) in [6.07, 6.45) is 17.1. The van der Waals surface area contributed by atoms with Crippen LogP contribution in [-0.2, 0) is 9.59 Å². The molecule has 3 heterocycles. The fraction of sp³-hybridized carbons (Fsp3) is 0.553. The number of benzene rings is 2. The maximum absolute atomic E-state index is 13.4. The lowest BCUT2D eigenvalue weighted by Gasteiger charge is -2.56. The number of amides is 2. The number of aryl methyl sites for hydroxylation is 1. The lowest BCUT2D eigenvalue weighted by Crippen LogP contribution is -2.48. The number of anilines is 4. The van der Waals surface area contributed by atoms with Crippen LogP contribution in [0.1, 0.15) is 89.0 Å². The molecule has 4 bridgehead atoms. The van der Waals surface area contributed by atoms with Gasteiger partial charge in [-0.3, -0.25) is 23.9 Å². The normalized spacial score (nSPS) is 23.7. The van der Waals surface area contributed by atoms with Crippen LogP contribution in [0.2, 0.25) is 0 Å². The predicted molar refractivity (Wildman–Crippen MR) is 233 cm³/mol. The van der Waals surface area contributed by atoms with Crippen molar-refractivity contribution in [2.24, 2.45) is 29.1 Å². The molecule has 0 radical (unpaired) electrons. The minimum atomic E-state index is -0.217. The summed E-state index contributed by atoms with van der Waals surface area (Å²) >= 11 is 0. The van der Waals surface area contributed by atoms with Crippen molar-refractivity contribution in [1.29, 1.82) is 0 Å². The lowest BCUT2D eigenvalue weighted by atomic mass is 9.49. The zero-order valence-electron chi connectivity index (χ0n) is 34.8. The Morgan fingerprint density at radius 3 is 2.36 bits per heavy atom. The van der Waals surface area contributed by atoms with Crippen molar-refractivity contribution in [3.8, 4) is 11.4 Å². The number of ether oxygens (including phenoxy) is 1. The van der Waals surface area contributed by atoms with E-state index in [0.29, 0.717) is 40.0 Å². The molecule has 2 aromatic heterocycles. The van der Waals surface area contributed by atoms with E-state index in [4.69, 9.17) is 9.72 Å². The molecule has 0 atom stereocenters. The summed E-state index contributed by atoms with van der Waals surface area (Å²) in [5.41, 5.74) is 4.45. The first-order valence-corrected chi connectivity index (χ1v) is 22.2. The minimum absolute atomic E-state index is 0.0110. The molecule has 312 valence electrons. The van der Waals surface area contributed by atoms with Crippen molar-refractivity contribution in [1.82, 2.24) is 24.8 Å². The molecule has 1 aliphatic heterocycles. The van der Waals surface area contributed by atoms with E-state index in [1.807, 2.05) is 31.2 Å². The van der Waals surface area contributed by atoms with Crippen molar-refractivity contribution in [3.63, 3.8) is 0 Å². The van der Waals surface area contributed by atoms with Gasteiger partial charge in [-0.25, -0.2) is 4.98 Å². The SMILES string of the molecule is COc1cc(N2CCN(CCCCCCNC(=O)CC34CC5CC(CC(C5)C3)C4)CC2)ccc1Nc1ncc2c(C)cc(=O)n(-c3cccc(NC(=O)C4CC4)c3)c2n1. The fourth-order valence-electron chi connectivity index (χ4n) is 11.2. The molecular formula is C47H60N8O4. The number of nitrogens with one attached hydrogen (secondary N) is 3. The van der Waals surface area contributed by atoms with Gasteiger partial charge >= 0.3 is 0 Å². The number of piperazine rings is 1. The van der Waals surface area contributed by atoms with Crippen molar-refractivity contribution >= 4 is 45.9 Å². The average molecular weight is 801 g/mol. The monoisotopic (exact) mass is 800 g/mol. The molecule has 5 aliphatic carbocycles. The van der Waals surface area contributed by atoms with Gasteiger partial charge in [-0.05, 0) is 137 Å². The number of rotatable bonds is 16. The Labute approximate surface area is 347 Å². The van der Waals surface area contributed by atoms with Crippen LogP contribution in [0.3, 0.4) is 0 Å². The van der Waals surface area contributed by atoms with E-state index in [0.717, 1.165) is 111 Å². The predicted octanol–water partition coefficient (Wildman–Crippen LogP) is 7.59. The highest BCUT2D eigenvalue weighted by molar-refractivity contribution is 5.94. The van der Waals surface area contributed by atoms with Gasteiger partial charge in [0.15, 0.2) is 5.65 Å². The second kappa shape index (κ2) is 17.0. The number of carbonyl (C=O) groups is 2. The summed E-state index contributed by atoms with van der Waals surface area (Å²) < 4.78 is 7.41. The fourth-order valence-corrected chi connectivity index (χ4v) is 11.2. The quantitative estimate of drug-likeness (QED) is 0.0981. The molecular weight excluding hydrogens is 741 g/mol. The summed E-state index contributed by atoms with van der Waals surface area (Å²) in [5.74, 6) is 4.10. The number of unbranched alkanes of at least 4 members (excludes halogenated alkanes) is 3. The zero-order chi connectivity index (χ0) is 40.5. The van der Waals surface area contributed by atoms with Crippen LogP contribution < -0.4 is 31.1 Å². The molecule has 59 heavy (non-hydrogen) atoms. The highest BCUT2D eigenvalue weighted by atomic mass is 16.5. The van der Waals surface area contributed by atoms with E-state index in [1.54, 1.807) is 30.0 Å². The summed E-state index contributed by atoms with van der Waals surface area (Å²) in [6.45, 7) is 7.74. The highest BCUT2D eigenvalue weighted by Crippen LogP contribution is 2.61. The molecule has 2 aromatic carbocycles. The Kier molecular flexibility index (Phi) is 11.3. The number of fused-ring (bicyclic) bond motifs is 1. The number of nitrogens with zero attached hydrogens (tertiary/aromatic N) is 5. The molecule has 4 aromatic rings. The summed E-state index contributed by atoms with van der Waals surface area (Å²) in [5, 5.41) is 10.3. The Morgan fingerprint density at radius 1 is 0.881 bits per heavy atom. The average Bonchev–Trinajstić information content (AvgIpc) is 4.07. The first-order valence-electron chi connectivity index (χ1n) is 22.2. The third-order valence-corrected chi connectivity index (χ3v) is 13.9. The topological polar surface area (TPSA) is 134 Å². The van der Waals surface area contributed by atoms with E-state index in [1.165, 1.54) is 51.4 Å². The van der Waals surface area contributed by atoms with E-state index in [9.17, 15) is 14.4 Å². The van der Waals surface area contributed by atoms with Gasteiger partial charge in [0, 0.05) is 80.2 Å². The molecule has 2 amide bonds. The molecule has 3 N–H and O–H groups in total. The molecule has 12 nitrogen and oxygen atoms in total. The van der Waals surface area contributed by atoms with Gasteiger partial charge in [0.25, 0.3) is 5.56 Å². The smallest absolute Gasteiger partial charge is 0.257 e. The van der Waals surface area contributed by atoms with E-state index >= 15 is 0 Å².